The van der Waals surface area contributed by atoms with Crippen LogP contribution in [-0.4, -0.2) is 33.6 Å². The minimum Gasteiger partial charge on any atom is -0.448 e. The van der Waals surface area contributed by atoms with E-state index in [-0.39, 0.29) is 17.7 Å². The average molecular weight is 388 g/mol. The SMILES string of the molecule is CC(C)(C)c1n[nH]c(SCCOC(=O)Nc2ccc(C(F)(F)F)cc2)n1. The van der Waals surface area contributed by atoms with E-state index in [0.717, 1.165) is 12.1 Å². The van der Waals surface area contributed by atoms with Crippen LogP contribution < -0.4 is 5.32 Å². The third kappa shape index (κ3) is 5.94. The molecular formula is C16H19F3N4O2S. The van der Waals surface area contributed by atoms with Gasteiger partial charge in [-0.15, -0.1) is 0 Å². The molecule has 0 saturated carbocycles. The van der Waals surface area contributed by atoms with Crippen molar-refractivity contribution in [2.75, 3.05) is 17.7 Å². The third-order valence-corrected chi connectivity index (χ3v) is 3.98. The van der Waals surface area contributed by atoms with Crippen LogP contribution in [0.3, 0.4) is 0 Å². The normalized spacial score (nSPS) is 12.1. The summed E-state index contributed by atoms with van der Waals surface area (Å²) < 4.78 is 42.4. The third-order valence-electron chi connectivity index (χ3n) is 3.15. The number of alkyl halides is 3. The van der Waals surface area contributed by atoms with Crippen LogP contribution in [-0.2, 0) is 16.3 Å². The van der Waals surface area contributed by atoms with E-state index >= 15 is 0 Å². The smallest absolute Gasteiger partial charge is 0.416 e. The van der Waals surface area contributed by atoms with Gasteiger partial charge in [0.05, 0.1) is 5.56 Å². The molecule has 142 valence electrons. The van der Waals surface area contributed by atoms with Crippen LogP contribution >= 0.6 is 11.8 Å². The van der Waals surface area contributed by atoms with Gasteiger partial charge in [-0.2, -0.15) is 18.3 Å². The molecule has 2 rings (SSSR count). The number of anilines is 1. The molecule has 0 aliphatic carbocycles. The summed E-state index contributed by atoms with van der Waals surface area (Å²) in [4.78, 5) is 16.0. The number of benzene rings is 1. The highest BCUT2D eigenvalue weighted by Crippen LogP contribution is 2.29. The second kappa shape index (κ2) is 7.98. The molecule has 1 heterocycles. The molecule has 26 heavy (non-hydrogen) atoms. The van der Waals surface area contributed by atoms with Crippen molar-refractivity contribution in [1.82, 2.24) is 15.2 Å². The first kappa shape index (κ1) is 20.1. The van der Waals surface area contributed by atoms with Crippen molar-refractivity contribution in [3.8, 4) is 0 Å². The lowest BCUT2D eigenvalue weighted by Crippen LogP contribution is -2.15. The van der Waals surface area contributed by atoms with E-state index in [1.54, 1.807) is 0 Å². The Balaban J connectivity index is 1.73. The number of H-pyrrole nitrogens is 1. The number of aromatic nitrogens is 3. The summed E-state index contributed by atoms with van der Waals surface area (Å²) in [5.41, 5.74) is -0.719. The number of halogens is 3. The molecule has 0 atom stereocenters. The number of hydrogen-bond donors (Lipinski definition) is 2. The fourth-order valence-electron chi connectivity index (χ4n) is 1.82. The Labute approximate surface area is 152 Å². The van der Waals surface area contributed by atoms with Gasteiger partial charge in [-0.25, -0.2) is 9.78 Å². The van der Waals surface area contributed by atoms with Gasteiger partial charge < -0.3 is 4.74 Å². The van der Waals surface area contributed by atoms with Gasteiger partial charge in [0.2, 0.25) is 0 Å². The molecule has 1 aromatic carbocycles. The second-order valence-electron chi connectivity index (χ2n) is 6.40. The molecule has 10 heteroatoms. The van der Waals surface area contributed by atoms with Gasteiger partial charge in [-0.05, 0) is 24.3 Å². The maximum absolute atomic E-state index is 12.5. The van der Waals surface area contributed by atoms with Gasteiger partial charge in [-0.1, -0.05) is 32.5 Å². The molecule has 0 radical (unpaired) electrons. The van der Waals surface area contributed by atoms with Gasteiger partial charge >= 0.3 is 12.3 Å². The van der Waals surface area contributed by atoms with Crippen LogP contribution in [0, 0.1) is 0 Å². The highest BCUT2D eigenvalue weighted by Gasteiger charge is 2.30. The molecule has 0 aliphatic rings. The fourth-order valence-corrected chi connectivity index (χ4v) is 2.44. The van der Waals surface area contributed by atoms with Crippen LogP contribution in [0.1, 0.15) is 32.2 Å². The number of rotatable bonds is 5. The van der Waals surface area contributed by atoms with Gasteiger partial charge in [0.25, 0.3) is 0 Å². The van der Waals surface area contributed by atoms with Crippen molar-refractivity contribution < 1.29 is 22.7 Å². The van der Waals surface area contributed by atoms with Gasteiger partial charge in [-0.3, -0.25) is 10.4 Å². The average Bonchev–Trinajstić information content (AvgIpc) is 3.00. The number of hydrogen-bond acceptors (Lipinski definition) is 5. The van der Waals surface area contributed by atoms with Gasteiger partial charge in [0, 0.05) is 16.9 Å². The fraction of sp³-hybridized carbons (Fsp3) is 0.438. The van der Waals surface area contributed by atoms with E-state index in [0.29, 0.717) is 16.7 Å². The minimum absolute atomic E-state index is 0.114. The number of nitrogens with zero attached hydrogens (tertiary/aromatic N) is 2. The Morgan fingerprint density at radius 1 is 1.23 bits per heavy atom. The lowest BCUT2D eigenvalue weighted by Gasteiger charge is -2.11. The summed E-state index contributed by atoms with van der Waals surface area (Å²) in [5.74, 6) is 1.15. The van der Waals surface area contributed by atoms with E-state index < -0.39 is 17.8 Å². The Hall–Kier alpha value is -2.23. The molecule has 1 amide bonds. The quantitative estimate of drug-likeness (QED) is 0.584. The van der Waals surface area contributed by atoms with E-state index in [1.807, 2.05) is 20.8 Å². The summed E-state index contributed by atoms with van der Waals surface area (Å²) >= 11 is 1.35. The predicted molar refractivity (Wildman–Crippen MR) is 92.2 cm³/mol. The van der Waals surface area contributed by atoms with Crippen LogP contribution in [0.5, 0.6) is 0 Å². The number of nitrogens with one attached hydrogen (secondary N) is 2. The van der Waals surface area contributed by atoms with E-state index in [1.165, 1.54) is 23.9 Å². The van der Waals surface area contributed by atoms with Crippen LogP contribution in [0.15, 0.2) is 29.4 Å². The van der Waals surface area contributed by atoms with Crippen molar-refractivity contribution in [3.05, 3.63) is 35.7 Å². The molecule has 1 aromatic heterocycles. The molecule has 0 saturated heterocycles. The monoisotopic (exact) mass is 388 g/mol. The summed E-state index contributed by atoms with van der Waals surface area (Å²) in [6, 6.07) is 4.12. The molecular weight excluding hydrogens is 369 g/mol. The number of ether oxygens (including phenoxy) is 1. The number of carbonyl (C=O) groups is 1. The highest BCUT2D eigenvalue weighted by molar-refractivity contribution is 7.99. The molecule has 0 aliphatic heterocycles. The standard InChI is InChI=1S/C16H19F3N4O2S/c1-15(2,3)12-21-13(23-22-12)26-9-8-25-14(24)20-11-6-4-10(5-7-11)16(17,18)19/h4-7H,8-9H2,1-3H3,(H,20,24)(H,21,22,23). The lowest BCUT2D eigenvalue weighted by atomic mass is 9.96. The maximum Gasteiger partial charge on any atom is 0.416 e. The van der Waals surface area contributed by atoms with Crippen molar-refractivity contribution >= 4 is 23.5 Å². The van der Waals surface area contributed by atoms with E-state index in [2.05, 4.69) is 20.5 Å². The Morgan fingerprint density at radius 3 is 2.42 bits per heavy atom. The van der Waals surface area contributed by atoms with Crippen LogP contribution in [0.25, 0.3) is 0 Å². The van der Waals surface area contributed by atoms with Crippen LogP contribution in [0.2, 0.25) is 0 Å². The van der Waals surface area contributed by atoms with Crippen molar-refractivity contribution in [1.29, 1.82) is 0 Å². The summed E-state index contributed by atoms with van der Waals surface area (Å²) in [7, 11) is 0. The number of amides is 1. The minimum atomic E-state index is -4.41. The highest BCUT2D eigenvalue weighted by atomic mass is 32.2. The van der Waals surface area contributed by atoms with Crippen molar-refractivity contribution in [2.24, 2.45) is 0 Å². The Kier molecular flexibility index (Phi) is 6.17. The topological polar surface area (TPSA) is 79.9 Å². The van der Waals surface area contributed by atoms with Crippen LogP contribution in [0.4, 0.5) is 23.7 Å². The number of carbonyl (C=O) groups excluding carboxylic acids is 1. The summed E-state index contributed by atoms with van der Waals surface area (Å²) in [5, 5.41) is 9.93. The van der Waals surface area contributed by atoms with Gasteiger partial charge in [0.1, 0.15) is 6.61 Å². The summed E-state index contributed by atoms with van der Waals surface area (Å²) in [6.07, 6.45) is -5.15. The largest absolute Gasteiger partial charge is 0.448 e. The Morgan fingerprint density at radius 2 is 1.88 bits per heavy atom. The summed E-state index contributed by atoms with van der Waals surface area (Å²) in [6.45, 7) is 6.11. The second-order valence-corrected chi connectivity index (χ2v) is 7.48. The molecule has 0 unspecified atom stereocenters. The zero-order chi connectivity index (χ0) is 19.4. The van der Waals surface area contributed by atoms with E-state index in [9.17, 15) is 18.0 Å². The van der Waals surface area contributed by atoms with Gasteiger partial charge in [0.15, 0.2) is 11.0 Å². The first-order chi connectivity index (χ1) is 12.1. The molecule has 0 fully saturated rings. The predicted octanol–water partition coefficient (Wildman–Crippen LogP) is 4.46. The first-order valence-corrected chi connectivity index (χ1v) is 8.71. The molecule has 2 aromatic rings. The zero-order valence-electron chi connectivity index (χ0n) is 14.5. The molecule has 0 spiro atoms. The van der Waals surface area contributed by atoms with Crippen molar-refractivity contribution in [2.45, 2.75) is 37.5 Å². The van der Waals surface area contributed by atoms with Crippen molar-refractivity contribution in [3.63, 3.8) is 0 Å². The number of thioether (sulfide) groups is 1. The zero-order valence-corrected chi connectivity index (χ0v) is 15.3. The molecule has 2 N–H and O–H groups in total. The maximum atomic E-state index is 12.5. The number of aromatic amines is 1. The first-order valence-electron chi connectivity index (χ1n) is 7.72. The molecule has 6 nitrogen and oxygen atoms in total. The lowest BCUT2D eigenvalue weighted by molar-refractivity contribution is -0.137. The molecule has 0 bridgehead atoms. The Bertz CT molecular complexity index is 739. The van der Waals surface area contributed by atoms with E-state index in [4.69, 9.17) is 4.74 Å².